The zero-order valence-electron chi connectivity index (χ0n) is 14.0. The van der Waals surface area contributed by atoms with Crippen molar-refractivity contribution in [2.75, 3.05) is 39.5 Å². The van der Waals surface area contributed by atoms with E-state index in [0.717, 1.165) is 52.4 Å². The lowest BCUT2D eigenvalue weighted by molar-refractivity contribution is -0.0642. The van der Waals surface area contributed by atoms with Crippen LogP contribution in [0.15, 0.2) is 0 Å². The van der Waals surface area contributed by atoms with Gasteiger partial charge in [0.25, 0.3) is 0 Å². The van der Waals surface area contributed by atoms with Gasteiger partial charge in [0.2, 0.25) is 0 Å². The van der Waals surface area contributed by atoms with Crippen molar-refractivity contribution in [3.8, 4) is 0 Å². The van der Waals surface area contributed by atoms with Crippen LogP contribution in [0.1, 0.15) is 47.5 Å². The van der Waals surface area contributed by atoms with Crippen LogP contribution in [0, 0.1) is 0 Å². The second-order valence-electron chi connectivity index (χ2n) is 6.57. The van der Waals surface area contributed by atoms with Gasteiger partial charge in [0, 0.05) is 32.3 Å². The Balaban J connectivity index is 2.50. The molecule has 0 aromatic heterocycles. The Bertz CT molecular complexity index is 256. The van der Waals surface area contributed by atoms with E-state index in [4.69, 9.17) is 14.2 Å². The minimum absolute atomic E-state index is 0.108. The molecule has 0 aliphatic carbocycles. The van der Waals surface area contributed by atoms with Crippen LogP contribution in [-0.2, 0) is 14.2 Å². The number of nitrogens with zero attached hydrogens (tertiary/aromatic N) is 1. The molecule has 120 valence electrons. The van der Waals surface area contributed by atoms with Gasteiger partial charge in [-0.3, -0.25) is 4.90 Å². The molecule has 1 rings (SSSR count). The Morgan fingerprint density at radius 3 is 2.45 bits per heavy atom. The highest BCUT2D eigenvalue weighted by molar-refractivity contribution is 4.70. The van der Waals surface area contributed by atoms with E-state index in [1.807, 2.05) is 0 Å². The molecule has 0 N–H and O–H groups in total. The predicted octanol–water partition coefficient (Wildman–Crippen LogP) is 2.71. The second-order valence-corrected chi connectivity index (χ2v) is 6.57. The van der Waals surface area contributed by atoms with E-state index in [0.29, 0.717) is 6.04 Å². The summed E-state index contributed by atoms with van der Waals surface area (Å²) in [6.07, 6.45) is 2.15. The third-order valence-electron chi connectivity index (χ3n) is 3.90. The van der Waals surface area contributed by atoms with E-state index in [2.05, 4.69) is 39.5 Å². The van der Waals surface area contributed by atoms with Crippen molar-refractivity contribution >= 4 is 0 Å². The minimum Gasteiger partial charge on any atom is -0.380 e. The van der Waals surface area contributed by atoms with Crippen molar-refractivity contribution in [1.29, 1.82) is 0 Å². The smallest absolute Gasteiger partial charge is 0.0649 e. The molecular weight excluding hydrogens is 254 g/mol. The van der Waals surface area contributed by atoms with Gasteiger partial charge in [-0.2, -0.15) is 0 Å². The predicted molar refractivity (Wildman–Crippen MR) is 82.2 cm³/mol. The Morgan fingerprint density at radius 2 is 1.75 bits per heavy atom. The topological polar surface area (TPSA) is 30.9 Å². The lowest BCUT2D eigenvalue weighted by Crippen LogP contribution is -2.39. The molecule has 1 fully saturated rings. The van der Waals surface area contributed by atoms with Crippen LogP contribution >= 0.6 is 0 Å². The number of rotatable bonds is 1. The monoisotopic (exact) mass is 287 g/mol. The Morgan fingerprint density at radius 1 is 1.05 bits per heavy atom. The van der Waals surface area contributed by atoms with E-state index < -0.39 is 0 Å². The first-order chi connectivity index (χ1) is 9.41. The summed E-state index contributed by atoms with van der Waals surface area (Å²) >= 11 is 0. The quantitative estimate of drug-likeness (QED) is 0.742. The molecular formula is C16H33NO3. The normalized spacial score (nSPS) is 28.2. The van der Waals surface area contributed by atoms with Crippen molar-refractivity contribution in [3.05, 3.63) is 0 Å². The highest BCUT2D eigenvalue weighted by atomic mass is 16.5. The number of hydrogen-bond acceptors (Lipinski definition) is 4. The molecule has 0 amide bonds. The Kier molecular flexibility index (Phi) is 8.03. The van der Waals surface area contributed by atoms with Crippen molar-refractivity contribution in [3.63, 3.8) is 0 Å². The maximum absolute atomic E-state index is 6.03. The lowest BCUT2D eigenvalue weighted by atomic mass is 10.1. The van der Waals surface area contributed by atoms with Crippen LogP contribution in [0.25, 0.3) is 0 Å². The molecule has 1 atom stereocenters. The van der Waals surface area contributed by atoms with E-state index in [1.165, 1.54) is 0 Å². The lowest BCUT2D eigenvalue weighted by Gasteiger charge is -2.31. The zero-order valence-corrected chi connectivity index (χ0v) is 14.0. The molecule has 4 heteroatoms. The van der Waals surface area contributed by atoms with Crippen LogP contribution in [0.3, 0.4) is 0 Å². The molecule has 1 unspecified atom stereocenters. The van der Waals surface area contributed by atoms with Crippen LogP contribution in [0.5, 0.6) is 0 Å². The summed E-state index contributed by atoms with van der Waals surface area (Å²) in [7, 11) is 0. The van der Waals surface area contributed by atoms with E-state index in [9.17, 15) is 0 Å². The Hall–Kier alpha value is -0.160. The molecule has 0 radical (unpaired) electrons. The summed E-state index contributed by atoms with van der Waals surface area (Å²) in [5.41, 5.74) is -0.108. The van der Waals surface area contributed by atoms with Gasteiger partial charge >= 0.3 is 0 Å². The first-order valence-electron chi connectivity index (χ1n) is 7.98. The molecule has 1 aliphatic heterocycles. The van der Waals surface area contributed by atoms with Crippen molar-refractivity contribution in [1.82, 2.24) is 4.90 Å². The summed E-state index contributed by atoms with van der Waals surface area (Å²) in [6.45, 7) is 15.9. The van der Waals surface area contributed by atoms with Crippen LogP contribution < -0.4 is 0 Å². The molecule has 4 nitrogen and oxygen atoms in total. The third kappa shape index (κ3) is 7.58. The highest BCUT2D eigenvalue weighted by Gasteiger charge is 2.20. The van der Waals surface area contributed by atoms with Gasteiger partial charge < -0.3 is 14.2 Å². The fraction of sp³-hybridized carbons (Fsp3) is 1.00. The molecule has 0 spiro atoms. The maximum atomic E-state index is 6.03. The molecule has 20 heavy (non-hydrogen) atoms. The van der Waals surface area contributed by atoms with Crippen LogP contribution in [-0.4, -0.2) is 62.2 Å². The zero-order chi connectivity index (χ0) is 15.0. The van der Waals surface area contributed by atoms with Crippen molar-refractivity contribution < 1.29 is 14.2 Å². The highest BCUT2D eigenvalue weighted by Crippen LogP contribution is 2.16. The molecule has 1 saturated heterocycles. The molecule has 0 aromatic carbocycles. The Labute approximate surface area is 124 Å². The molecule has 1 heterocycles. The van der Waals surface area contributed by atoms with Gasteiger partial charge in [0.1, 0.15) is 0 Å². The second kappa shape index (κ2) is 8.98. The first kappa shape index (κ1) is 17.9. The molecule has 0 saturated carbocycles. The van der Waals surface area contributed by atoms with Crippen molar-refractivity contribution in [2.24, 2.45) is 0 Å². The third-order valence-corrected chi connectivity index (χ3v) is 3.90. The van der Waals surface area contributed by atoms with Gasteiger partial charge in [-0.1, -0.05) is 0 Å². The van der Waals surface area contributed by atoms with E-state index >= 15 is 0 Å². The van der Waals surface area contributed by atoms with E-state index in [1.54, 1.807) is 0 Å². The number of hydrogen-bond donors (Lipinski definition) is 0. The average molecular weight is 287 g/mol. The fourth-order valence-corrected chi connectivity index (χ4v) is 2.26. The minimum atomic E-state index is -0.108. The first-order valence-corrected chi connectivity index (χ1v) is 7.98. The number of ether oxygens (including phenoxy) is 3. The summed E-state index contributed by atoms with van der Waals surface area (Å²) in [4.78, 5) is 2.42. The summed E-state index contributed by atoms with van der Waals surface area (Å²) in [6, 6.07) is 0.528. The van der Waals surface area contributed by atoms with Gasteiger partial charge in [0.05, 0.1) is 24.9 Å². The van der Waals surface area contributed by atoms with Gasteiger partial charge in [-0.15, -0.1) is 0 Å². The van der Waals surface area contributed by atoms with Crippen molar-refractivity contribution in [2.45, 2.75) is 65.2 Å². The largest absolute Gasteiger partial charge is 0.380 e. The van der Waals surface area contributed by atoms with E-state index in [-0.39, 0.29) is 11.7 Å². The molecule has 0 aromatic rings. The van der Waals surface area contributed by atoms with Gasteiger partial charge in [-0.25, -0.2) is 0 Å². The summed E-state index contributed by atoms with van der Waals surface area (Å²) in [5, 5.41) is 0. The van der Waals surface area contributed by atoms with Gasteiger partial charge in [0.15, 0.2) is 0 Å². The average Bonchev–Trinajstić information content (AvgIpc) is 2.34. The molecule has 0 bridgehead atoms. The van der Waals surface area contributed by atoms with Crippen LogP contribution in [0.2, 0.25) is 0 Å². The summed E-state index contributed by atoms with van der Waals surface area (Å²) in [5.74, 6) is 0. The molecule has 1 aliphatic rings. The maximum Gasteiger partial charge on any atom is 0.0649 e. The fourth-order valence-electron chi connectivity index (χ4n) is 2.26. The summed E-state index contributed by atoms with van der Waals surface area (Å²) < 4.78 is 17.5. The van der Waals surface area contributed by atoms with Crippen LogP contribution in [0.4, 0.5) is 0 Å². The standard InChI is InChI=1S/C16H33NO3/c1-14(2)17-8-12-18-10-6-15(3)19-11-7-16(4,5)20-13-9-17/h14-15H,6-13H2,1-5H3. The van der Waals surface area contributed by atoms with Gasteiger partial charge in [-0.05, 0) is 47.5 Å². The SMILES string of the molecule is CC1CCOCCN(C(C)C)CCOC(C)(C)CCO1.